The van der Waals surface area contributed by atoms with Crippen molar-refractivity contribution in [2.24, 2.45) is 0 Å². The quantitative estimate of drug-likeness (QED) is 0.624. The highest BCUT2D eigenvalue weighted by molar-refractivity contribution is 7.90. The van der Waals surface area contributed by atoms with Gasteiger partial charge in [-0.2, -0.15) is 13.2 Å². The summed E-state index contributed by atoms with van der Waals surface area (Å²) < 4.78 is 62.4. The van der Waals surface area contributed by atoms with Gasteiger partial charge >= 0.3 is 6.18 Å². The number of aromatic nitrogens is 1. The number of rotatable bonds is 3. The summed E-state index contributed by atoms with van der Waals surface area (Å²) in [5.74, 6) is 0. The third-order valence-corrected chi connectivity index (χ3v) is 4.48. The molecule has 0 fully saturated rings. The number of nitro groups is 1. The second-order valence-electron chi connectivity index (χ2n) is 4.31. The Hall–Kier alpha value is -2.69. The normalized spacial score (nSPS) is 12.1. The van der Waals surface area contributed by atoms with Gasteiger partial charge in [0.1, 0.15) is 0 Å². The predicted molar refractivity (Wildman–Crippen MR) is 71.4 cm³/mol. The molecule has 1 heterocycles. The largest absolute Gasteiger partial charge is 0.417 e. The van der Waals surface area contributed by atoms with Crippen molar-refractivity contribution in [2.45, 2.75) is 11.1 Å². The first-order chi connectivity index (χ1) is 10.5. The van der Waals surface area contributed by atoms with Crippen molar-refractivity contribution in [2.75, 3.05) is 0 Å². The SMILES string of the molecule is O=c1ccc(C(F)(F)F)cn1S(=O)(=O)c1ccc([N+](=O)[O-])cc1. The number of non-ortho nitro benzene ring substituents is 1. The van der Waals surface area contributed by atoms with Crippen LogP contribution in [-0.2, 0) is 16.2 Å². The van der Waals surface area contributed by atoms with Crippen molar-refractivity contribution in [3.63, 3.8) is 0 Å². The maximum Gasteiger partial charge on any atom is 0.417 e. The van der Waals surface area contributed by atoms with Crippen LogP contribution in [0.15, 0.2) is 52.3 Å². The Bertz CT molecular complexity index is 917. The zero-order valence-electron chi connectivity index (χ0n) is 11.0. The van der Waals surface area contributed by atoms with E-state index in [0.717, 1.165) is 24.3 Å². The third-order valence-electron chi connectivity index (χ3n) is 2.81. The standard InChI is InChI=1S/C12H7F3N2O5S/c13-12(14,15)8-1-6-11(18)16(7-8)23(21,22)10-4-2-9(3-5-10)17(19)20/h1-7H. The molecule has 0 unspecified atom stereocenters. The van der Waals surface area contributed by atoms with E-state index in [1.54, 1.807) is 0 Å². The van der Waals surface area contributed by atoms with Gasteiger partial charge in [0.05, 0.1) is 15.4 Å². The van der Waals surface area contributed by atoms with E-state index in [1.165, 1.54) is 0 Å². The second kappa shape index (κ2) is 5.50. The Balaban J connectivity index is 2.60. The lowest BCUT2D eigenvalue weighted by molar-refractivity contribution is -0.384. The van der Waals surface area contributed by atoms with Crippen LogP contribution in [0, 0.1) is 10.1 Å². The van der Waals surface area contributed by atoms with E-state index >= 15 is 0 Å². The van der Waals surface area contributed by atoms with Gasteiger partial charge in [-0.05, 0) is 18.2 Å². The van der Waals surface area contributed by atoms with Crippen molar-refractivity contribution in [1.29, 1.82) is 0 Å². The number of hydrogen-bond acceptors (Lipinski definition) is 5. The lowest BCUT2D eigenvalue weighted by atomic mass is 10.3. The summed E-state index contributed by atoms with van der Waals surface area (Å²) in [6.45, 7) is 0. The lowest BCUT2D eigenvalue weighted by Crippen LogP contribution is -2.28. The molecule has 1 aromatic carbocycles. The summed E-state index contributed by atoms with van der Waals surface area (Å²) in [5.41, 5.74) is -2.90. The fourth-order valence-corrected chi connectivity index (χ4v) is 2.93. The molecule has 11 heteroatoms. The van der Waals surface area contributed by atoms with Gasteiger partial charge in [0.25, 0.3) is 21.3 Å². The van der Waals surface area contributed by atoms with Crippen molar-refractivity contribution in [3.8, 4) is 0 Å². The smallest absolute Gasteiger partial charge is 0.268 e. The number of nitrogens with zero attached hydrogens (tertiary/aromatic N) is 2. The molecule has 0 bridgehead atoms. The molecule has 0 spiro atoms. The maximum absolute atomic E-state index is 12.6. The summed E-state index contributed by atoms with van der Waals surface area (Å²) in [5, 5.41) is 10.5. The van der Waals surface area contributed by atoms with Crippen LogP contribution in [0.1, 0.15) is 5.56 Å². The molecule has 2 rings (SSSR count). The Morgan fingerprint density at radius 3 is 2.09 bits per heavy atom. The monoisotopic (exact) mass is 348 g/mol. The highest BCUT2D eigenvalue weighted by atomic mass is 32.2. The lowest BCUT2D eigenvalue weighted by Gasteiger charge is -2.11. The number of alkyl halides is 3. The minimum atomic E-state index is -4.83. The maximum atomic E-state index is 12.6. The highest BCUT2D eigenvalue weighted by Crippen LogP contribution is 2.28. The van der Waals surface area contributed by atoms with E-state index in [1.807, 2.05) is 0 Å². The Morgan fingerprint density at radius 2 is 1.61 bits per heavy atom. The van der Waals surface area contributed by atoms with Gasteiger partial charge in [0, 0.05) is 24.4 Å². The zero-order chi connectivity index (χ0) is 17.4. The first-order valence-corrected chi connectivity index (χ1v) is 7.27. The van der Waals surface area contributed by atoms with Crippen LogP contribution in [0.25, 0.3) is 0 Å². The van der Waals surface area contributed by atoms with Gasteiger partial charge in [-0.1, -0.05) is 0 Å². The number of benzene rings is 1. The molecule has 1 aromatic heterocycles. The average molecular weight is 348 g/mol. The molecule has 0 saturated heterocycles. The molecule has 0 N–H and O–H groups in total. The van der Waals surface area contributed by atoms with Crippen LogP contribution < -0.4 is 5.56 Å². The summed E-state index contributed by atoms with van der Waals surface area (Å²) >= 11 is 0. The first-order valence-electron chi connectivity index (χ1n) is 5.83. The van der Waals surface area contributed by atoms with Crippen molar-refractivity contribution in [3.05, 3.63) is 68.6 Å². The molecular weight excluding hydrogens is 341 g/mol. The minimum absolute atomic E-state index is 0.0585. The minimum Gasteiger partial charge on any atom is -0.268 e. The zero-order valence-corrected chi connectivity index (χ0v) is 11.8. The van der Waals surface area contributed by atoms with E-state index in [9.17, 15) is 36.5 Å². The Labute approximate surface area is 126 Å². The molecule has 0 aliphatic carbocycles. The summed E-state index contributed by atoms with van der Waals surface area (Å²) in [4.78, 5) is 20.8. The topological polar surface area (TPSA) is 99.3 Å². The van der Waals surface area contributed by atoms with Crippen molar-refractivity contribution in [1.82, 2.24) is 3.97 Å². The third kappa shape index (κ3) is 3.23. The molecule has 0 saturated carbocycles. The molecule has 122 valence electrons. The number of pyridine rings is 1. The van der Waals surface area contributed by atoms with E-state index in [2.05, 4.69) is 0 Å². The molecule has 2 aromatic rings. The van der Waals surface area contributed by atoms with Crippen LogP contribution in [0.3, 0.4) is 0 Å². The van der Waals surface area contributed by atoms with Crippen LogP contribution in [-0.4, -0.2) is 17.3 Å². The highest BCUT2D eigenvalue weighted by Gasteiger charge is 2.32. The molecule has 0 aliphatic heterocycles. The molecule has 0 radical (unpaired) electrons. The van der Waals surface area contributed by atoms with Crippen LogP contribution in [0.5, 0.6) is 0 Å². The molecule has 0 atom stereocenters. The summed E-state index contributed by atoms with van der Waals surface area (Å²) in [6, 6.07) is 4.34. The van der Waals surface area contributed by atoms with Crippen LogP contribution in [0.4, 0.5) is 18.9 Å². The van der Waals surface area contributed by atoms with E-state index < -0.39 is 42.8 Å². The van der Waals surface area contributed by atoms with Crippen molar-refractivity contribution < 1.29 is 26.5 Å². The van der Waals surface area contributed by atoms with Gasteiger partial charge in [-0.25, -0.2) is 12.4 Å². The average Bonchev–Trinajstić information content (AvgIpc) is 2.46. The Kier molecular flexibility index (Phi) is 3.99. The van der Waals surface area contributed by atoms with Gasteiger partial charge in [-0.15, -0.1) is 0 Å². The van der Waals surface area contributed by atoms with Gasteiger partial charge in [-0.3, -0.25) is 14.9 Å². The number of nitro benzene ring substituents is 1. The van der Waals surface area contributed by atoms with E-state index in [-0.39, 0.29) is 10.2 Å². The van der Waals surface area contributed by atoms with Gasteiger partial charge in [0.2, 0.25) is 0 Å². The Morgan fingerprint density at radius 1 is 1.04 bits per heavy atom. The van der Waals surface area contributed by atoms with E-state index in [0.29, 0.717) is 12.1 Å². The van der Waals surface area contributed by atoms with Gasteiger partial charge < -0.3 is 0 Å². The summed E-state index contributed by atoms with van der Waals surface area (Å²) in [7, 11) is -4.61. The predicted octanol–water partition coefficient (Wildman–Crippen LogP) is 2.01. The summed E-state index contributed by atoms with van der Waals surface area (Å²) in [6.07, 6.45) is -4.67. The molecule has 23 heavy (non-hydrogen) atoms. The van der Waals surface area contributed by atoms with Crippen molar-refractivity contribution >= 4 is 15.7 Å². The van der Waals surface area contributed by atoms with Crippen LogP contribution in [0.2, 0.25) is 0 Å². The molecule has 7 nitrogen and oxygen atoms in total. The van der Waals surface area contributed by atoms with Crippen LogP contribution >= 0.6 is 0 Å². The second-order valence-corrected chi connectivity index (χ2v) is 6.12. The molecule has 0 aliphatic rings. The number of halogens is 3. The first kappa shape index (κ1) is 16.7. The fraction of sp³-hybridized carbons (Fsp3) is 0.0833. The van der Waals surface area contributed by atoms with E-state index in [4.69, 9.17) is 0 Å². The number of hydrogen-bond donors (Lipinski definition) is 0. The molecule has 0 amide bonds. The van der Waals surface area contributed by atoms with Gasteiger partial charge in [0.15, 0.2) is 0 Å². The fourth-order valence-electron chi connectivity index (χ4n) is 1.68. The molecular formula is C12H7F3N2O5S.